The second-order valence-corrected chi connectivity index (χ2v) is 7.94. The molecular weight excluding hydrogens is 382 g/mol. The van der Waals surface area contributed by atoms with Crippen molar-refractivity contribution in [3.63, 3.8) is 0 Å². The Morgan fingerprint density at radius 1 is 1.10 bits per heavy atom. The fourth-order valence-electron chi connectivity index (χ4n) is 3.09. The normalized spacial score (nSPS) is 10.7. The van der Waals surface area contributed by atoms with Crippen LogP contribution in [0.3, 0.4) is 0 Å². The Labute approximate surface area is 175 Å². The van der Waals surface area contributed by atoms with Crippen molar-refractivity contribution in [3.8, 4) is 11.5 Å². The number of ether oxygens (including phenoxy) is 1. The van der Waals surface area contributed by atoms with Crippen LogP contribution < -0.4 is 10.5 Å². The van der Waals surface area contributed by atoms with Crippen molar-refractivity contribution in [1.29, 1.82) is 0 Å². The number of rotatable bonds is 8. The molecule has 0 fully saturated rings. The van der Waals surface area contributed by atoms with Crippen LogP contribution in [0.1, 0.15) is 41.8 Å². The minimum Gasteiger partial charge on any atom is -0.507 e. The molecule has 3 rings (SSSR count). The van der Waals surface area contributed by atoms with Crippen LogP contribution >= 0.6 is 11.8 Å². The highest BCUT2D eigenvalue weighted by Gasteiger charge is 2.16. The van der Waals surface area contributed by atoms with Crippen LogP contribution in [0.25, 0.3) is 0 Å². The van der Waals surface area contributed by atoms with Gasteiger partial charge in [0.1, 0.15) is 18.1 Å². The van der Waals surface area contributed by atoms with E-state index in [0.717, 1.165) is 27.5 Å². The Morgan fingerprint density at radius 2 is 1.90 bits per heavy atom. The van der Waals surface area contributed by atoms with Crippen LogP contribution in [0.2, 0.25) is 0 Å². The first kappa shape index (κ1) is 20.8. The second kappa shape index (κ2) is 9.52. The molecule has 0 heterocycles. The second-order valence-electron chi connectivity index (χ2n) is 6.82. The molecule has 3 N–H and O–H groups in total. The van der Waals surface area contributed by atoms with Gasteiger partial charge in [-0.3, -0.25) is 4.79 Å². The number of ketones is 1. The number of phenolic OH excluding ortho intramolecular Hbond substituents is 1. The average molecular weight is 408 g/mol. The number of anilines is 1. The zero-order valence-electron chi connectivity index (χ0n) is 16.6. The summed E-state index contributed by atoms with van der Waals surface area (Å²) in [5, 5.41) is 10.5. The van der Waals surface area contributed by atoms with Gasteiger partial charge in [0, 0.05) is 21.0 Å². The maximum atomic E-state index is 11.7. The first-order chi connectivity index (χ1) is 14.0. The molecular formula is C24H25NO3S. The van der Waals surface area contributed by atoms with Gasteiger partial charge in [0.05, 0.1) is 5.56 Å². The molecule has 3 aromatic rings. The highest BCUT2D eigenvalue weighted by atomic mass is 32.2. The van der Waals surface area contributed by atoms with Gasteiger partial charge in [-0.25, -0.2) is 0 Å². The Morgan fingerprint density at radius 3 is 2.62 bits per heavy atom. The van der Waals surface area contributed by atoms with Gasteiger partial charge >= 0.3 is 0 Å². The van der Waals surface area contributed by atoms with Crippen LogP contribution in [-0.4, -0.2) is 10.9 Å². The van der Waals surface area contributed by atoms with E-state index in [4.69, 9.17) is 10.5 Å². The summed E-state index contributed by atoms with van der Waals surface area (Å²) < 4.78 is 6.02. The number of hydrogen-bond acceptors (Lipinski definition) is 5. The topological polar surface area (TPSA) is 72.5 Å². The highest BCUT2D eigenvalue weighted by molar-refractivity contribution is 7.99. The number of nitrogens with two attached hydrogens (primary N) is 1. The smallest absolute Gasteiger partial charge is 0.163 e. The van der Waals surface area contributed by atoms with Gasteiger partial charge in [0.25, 0.3) is 0 Å². The van der Waals surface area contributed by atoms with Crippen LogP contribution in [0.15, 0.2) is 70.5 Å². The molecule has 0 atom stereocenters. The van der Waals surface area contributed by atoms with Crippen molar-refractivity contribution >= 4 is 23.2 Å². The lowest BCUT2D eigenvalue weighted by Gasteiger charge is -2.15. The number of phenols is 1. The van der Waals surface area contributed by atoms with E-state index in [0.29, 0.717) is 29.9 Å². The predicted octanol–water partition coefficient (Wildman–Crippen LogP) is 5.86. The van der Waals surface area contributed by atoms with Gasteiger partial charge in [0.2, 0.25) is 0 Å². The summed E-state index contributed by atoms with van der Waals surface area (Å²) in [5.41, 5.74) is 8.83. The molecule has 0 amide bonds. The van der Waals surface area contributed by atoms with Crippen molar-refractivity contribution in [2.45, 2.75) is 43.1 Å². The maximum absolute atomic E-state index is 11.7. The first-order valence-electron chi connectivity index (χ1n) is 9.59. The molecule has 0 aromatic heterocycles. The summed E-state index contributed by atoms with van der Waals surface area (Å²) in [4.78, 5) is 13.8. The maximum Gasteiger partial charge on any atom is 0.163 e. The summed E-state index contributed by atoms with van der Waals surface area (Å²) in [6, 6.07) is 19.3. The molecule has 150 valence electrons. The zero-order valence-corrected chi connectivity index (χ0v) is 17.5. The summed E-state index contributed by atoms with van der Waals surface area (Å²) in [5.74, 6) is 0.483. The molecule has 0 radical (unpaired) electrons. The lowest BCUT2D eigenvalue weighted by molar-refractivity contribution is 0.101. The summed E-state index contributed by atoms with van der Waals surface area (Å²) in [6.07, 6.45) is 1.49. The van der Waals surface area contributed by atoms with E-state index in [9.17, 15) is 9.90 Å². The summed E-state index contributed by atoms with van der Waals surface area (Å²) in [7, 11) is 0. The van der Waals surface area contributed by atoms with Crippen LogP contribution in [0, 0.1) is 0 Å². The van der Waals surface area contributed by atoms with Gasteiger partial charge in [-0.2, -0.15) is 0 Å². The molecule has 29 heavy (non-hydrogen) atoms. The van der Waals surface area contributed by atoms with Gasteiger partial charge < -0.3 is 15.6 Å². The number of nitrogen functional groups attached to an aromatic ring is 1. The Kier molecular flexibility index (Phi) is 6.83. The van der Waals surface area contributed by atoms with Gasteiger partial charge in [-0.15, -0.1) is 0 Å². The SMILES string of the molecule is CCCc1c(OCc2cccc(Sc3ccccc3N)c2)ccc(C(C)=O)c1O. The van der Waals surface area contributed by atoms with Crippen LogP contribution in [-0.2, 0) is 13.0 Å². The molecule has 0 saturated heterocycles. The average Bonchev–Trinajstić information content (AvgIpc) is 2.70. The monoisotopic (exact) mass is 407 g/mol. The van der Waals surface area contributed by atoms with Crippen molar-refractivity contribution in [2.75, 3.05) is 5.73 Å². The van der Waals surface area contributed by atoms with Gasteiger partial charge in [-0.05, 0) is 55.3 Å². The Hall–Kier alpha value is -2.92. The van der Waals surface area contributed by atoms with Crippen LogP contribution in [0.5, 0.6) is 11.5 Å². The van der Waals surface area contributed by atoms with Gasteiger partial charge in [0.15, 0.2) is 5.78 Å². The molecule has 0 unspecified atom stereocenters. The van der Waals surface area contributed by atoms with E-state index in [-0.39, 0.29) is 11.5 Å². The number of benzene rings is 3. The van der Waals surface area contributed by atoms with Crippen LogP contribution in [0.4, 0.5) is 5.69 Å². The van der Waals surface area contributed by atoms with Gasteiger partial charge in [-0.1, -0.05) is 49.4 Å². The van der Waals surface area contributed by atoms with E-state index in [1.54, 1.807) is 23.9 Å². The van der Waals surface area contributed by atoms with E-state index in [1.165, 1.54) is 6.92 Å². The molecule has 0 aliphatic rings. The molecule has 0 aliphatic carbocycles. The third-order valence-corrected chi connectivity index (χ3v) is 5.64. The first-order valence-corrected chi connectivity index (χ1v) is 10.4. The fourth-order valence-corrected chi connectivity index (χ4v) is 4.03. The number of hydrogen-bond donors (Lipinski definition) is 2. The summed E-state index contributed by atoms with van der Waals surface area (Å²) in [6.45, 7) is 3.85. The lowest BCUT2D eigenvalue weighted by Crippen LogP contribution is -2.02. The Balaban J connectivity index is 1.77. The van der Waals surface area contributed by atoms with E-state index < -0.39 is 0 Å². The minimum atomic E-state index is -0.156. The molecule has 0 bridgehead atoms. The third kappa shape index (κ3) is 5.12. The lowest BCUT2D eigenvalue weighted by atomic mass is 10.0. The molecule has 3 aromatic carbocycles. The van der Waals surface area contributed by atoms with E-state index in [2.05, 4.69) is 6.07 Å². The minimum absolute atomic E-state index is 0.0284. The molecule has 0 aliphatic heterocycles. The standard InChI is InChI=1S/C24H25NO3S/c1-3-7-20-22(13-12-19(16(2)26)24(20)27)28-15-17-8-6-9-18(14-17)29-23-11-5-4-10-21(23)25/h4-6,8-14,27H,3,7,15,25H2,1-2H3. The van der Waals surface area contributed by atoms with E-state index in [1.807, 2.05) is 49.4 Å². The van der Waals surface area contributed by atoms with Crippen molar-refractivity contribution in [1.82, 2.24) is 0 Å². The largest absolute Gasteiger partial charge is 0.507 e. The molecule has 4 nitrogen and oxygen atoms in total. The predicted molar refractivity (Wildman–Crippen MR) is 118 cm³/mol. The zero-order chi connectivity index (χ0) is 20.8. The number of aromatic hydroxyl groups is 1. The van der Waals surface area contributed by atoms with E-state index >= 15 is 0 Å². The number of carbonyl (C=O) groups excluding carboxylic acids is 1. The number of carbonyl (C=O) groups is 1. The third-order valence-electron chi connectivity index (χ3n) is 4.56. The number of para-hydroxylation sites is 1. The van der Waals surface area contributed by atoms with Crippen molar-refractivity contribution in [2.24, 2.45) is 0 Å². The van der Waals surface area contributed by atoms with Crippen molar-refractivity contribution < 1.29 is 14.6 Å². The summed E-state index contributed by atoms with van der Waals surface area (Å²) >= 11 is 1.61. The molecule has 0 saturated carbocycles. The molecule has 0 spiro atoms. The molecule has 5 heteroatoms. The highest BCUT2D eigenvalue weighted by Crippen LogP contribution is 2.34. The fraction of sp³-hybridized carbons (Fsp3) is 0.208. The van der Waals surface area contributed by atoms with Crippen molar-refractivity contribution in [3.05, 3.63) is 77.4 Å². The Bertz CT molecular complexity index is 1020. The number of Topliss-reactive ketones (excluding diaryl/α,β-unsaturated/α-hetero) is 1. The quantitative estimate of drug-likeness (QED) is 0.361.